The van der Waals surface area contributed by atoms with E-state index in [4.69, 9.17) is 14.4 Å². The zero-order valence-electron chi connectivity index (χ0n) is 30.3. The number of aromatic nitrogens is 1. The van der Waals surface area contributed by atoms with E-state index in [1.165, 1.54) is 33.0 Å². The molecule has 0 bridgehead atoms. The molecule has 1 N–H and O–H groups in total. The van der Waals surface area contributed by atoms with Crippen LogP contribution in [-0.2, 0) is 0 Å². The quantitative estimate of drug-likeness (QED) is 0.186. The van der Waals surface area contributed by atoms with E-state index in [-0.39, 0.29) is 6.17 Å². The largest absolute Gasteiger partial charge is 0.456 e. The third-order valence-electron chi connectivity index (χ3n) is 10.9. The SMILES string of the molecule is c1ccc(C2=NC(c3ccc4c(c3)oc3cc5c(cc34)c3ccccc3n5-c3cccc(-c4ccc(-c5ccccc5)cc4)c3)NC(c3ccccc3)=N2)cc1. The van der Waals surface area contributed by atoms with E-state index in [9.17, 15) is 0 Å². The van der Waals surface area contributed by atoms with E-state index in [1.807, 2.05) is 36.4 Å². The number of aliphatic imine (C=N–C) groups is 2. The number of amidine groups is 2. The highest BCUT2D eigenvalue weighted by Gasteiger charge is 2.23. The van der Waals surface area contributed by atoms with Crippen molar-refractivity contribution in [1.29, 1.82) is 0 Å². The maximum absolute atomic E-state index is 6.72. The monoisotopic (exact) mass is 718 g/mol. The highest BCUT2D eigenvalue weighted by atomic mass is 16.3. The van der Waals surface area contributed by atoms with Crippen LogP contribution in [0, 0.1) is 0 Å². The van der Waals surface area contributed by atoms with Gasteiger partial charge in [0.1, 0.15) is 23.2 Å². The summed E-state index contributed by atoms with van der Waals surface area (Å²) in [6.07, 6.45) is -0.343. The summed E-state index contributed by atoms with van der Waals surface area (Å²) in [5.74, 6) is 1.49. The molecule has 0 saturated carbocycles. The standard InChI is InChI=1S/C51H34N4O/c1-4-13-33(14-5-1)34-23-25-35(26-24-34)38-19-12-20-40(29-38)55-45-22-11-10-21-41(45)43-31-44-42-28-27-39(30-47(42)56-48(44)32-46(43)55)51-53-49(36-15-6-2-7-16-36)52-50(54-51)37-17-8-3-9-18-37/h1-32,51H,(H,52,53,54). The zero-order valence-corrected chi connectivity index (χ0v) is 30.3. The molecule has 1 atom stereocenters. The first-order valence-electron chi connectivity index (χ1n) is 18.9. The van der Waals surface area contributed by atoms with Crippen molar-refractivity contribution in [3.05, 3.63) is 211 Å². The lowest BCUT2D eigenvalue weighted by Crippen LogP contribution is -2.33. The Morgan fingerprint density at radius 3 is 1.82 bits per heavy atom. The maximum atomic E-state index is 6.72. The molecule has 0 spiro atoms. The van der Waals surface area contributed by atoms with Crippen LogP contribution >= 0.6 is 0 Å². The summed E-state index contributed by atoms with van der Waals surface area (Å²) in [5.41, 5.74) is 12.8. The average molecular weight is 719 g/mol. The first-order valence-corrected chi connectivity index (χ1v) is 18.9. The number of hydrogen-bond donors (Lipinski definition) is 1. The van der Waals surface area contributed by atoms with Gasteiger partial charge in [0, 0.05) is 50.0 Å². The molecule has 1 unspecified atom stereocenters. The van der Waals surface area contributed by atoms with Crippen LogP contribution in [0.3, 0.4) is 0 Å². The average Bonchev–Trinajstić information content (AvgIpc) is 3.80. The Bertz CT molecular complexity index is 3140. The Hall–Kier alpha value is -7.50. The van der Waals surface area contributed by atoms with E-state index in [0.29, 0.717) is 5.84 Å². The lowest BCUT2D eigenvalue weighted by molar-refractivity contribution is 0.655. The van der Waals surface area contributed by atoms with E-state index in [2.05, 4.69) is 168 Å². The van der Waals surface area contributed by atoms with Crippen molar-refractivity contribution in [3.8, 4) is 27.9 Å². The van der Waals surface area contributed by atoms with Crippen molar-refractivity contribution in [3.63, 3.8) is 0 Å². The summed E-state index contributed by atoms with van der Waals surface area (Å²) in [6, 6.07) is 68.1. The summed E-state index contributed by atoms with van der Waals surface area (Å²) >= 11 is 0. The van der Waals surface area contributed by atoms with Crippen molar-refractivity contribution in [2.45, 2.75) is 6.17 Å². The number of nitrogens with one attached hydrogen (secondary N) is 1. The minimum atomic E-state index is -0.343. The van der Waals surface area contributed by atoms with Gasteiger partial charge in [-0.25, -0.2) is 9.98 Å². The molecule has 11 rings (SSSR count). The second-order valence-electron chi connectivity index (χ2n) is 14.3. The van der Waals surface area contributed by atoms with E-state index >= 15 is 0 Å². The molecule has 1 aliphatic heterocycles. The predicted molar refractivity (Wildman–Crippen MR) is 231 cm³/mol. The topological polar surface area (TPSA) is 54.8 Å². The molecule has 2 aromatic heterocycles. The summed E-state index contributed by atoms with van der Waals surface area (Å²) in [7, 11) is 0. The Labute approximate surface area is 323 Å². The lowest BCUT2D eigenvalue weighted by Gasteiger charge is -2.23. The highest BCUT2D eigenvalue weighted by Crippen LogP contribution is 2.40. The molecule has 3 heterocycles. The Morgan fingerprint density at radius 1 is 0.429 bits per heavy atom. The van der Waals surface area contributed by atoms with Crippen LogP contribution in [-0.4, -0.2) is 16.2 Å². The molecule has 5 nitrogen and oxygen atoms in total. The molecule has 0 aliphatic carbocycles. The van der Waals surface area contributed by atoms with Crippen molar-refractivity contribution in [2.24, 2.45) is 9.98 Å². The third-order valence-corrected chi connectivity index (χ3v) is 10.9. The number of hydrogen-bond acceptors (Lipinski definition) is 4. The fourth-order valence-electron chi connectivity index (χ4n) is 8.09. The van der Waals surface area contributed by atoms with Crippen LogP contribution in [0.15, 0.2) is 209 Å². The van der Waals surface area contributed by atoms with Gasteiger partial charge >= 0.3 is 0 Å². The van der Waals surface area contributed by atoms with Gasteiger partial charge in [0.05, 0.1) is 11.0 Å². The third kappa shape index (κ3) is 5.48. The maximum Gasteiger partial charge on any atom is 0.159 e. The summed E-state index contributed by atoms with van der Waals surface area (Å²) in [5, 5.41) is 8.15. The first kappa shape index (κ1) is 32.0. The summed E-state index contributed by atoms with van der Waals surface area (Å²) in [6.45, 7) is 0. The smallest absolute Gasteiger partial charge is 0.159 e. The fourth-order valence-corrected chi connectivity index (χ4v) is 8.09. The van der Waals surface area contributed by atoms with Crippen LogP contribution in [0.25, 0.3) is 71.7 Å². The lowest BCUT2D eigenvalue weighted by atomic mass is 10.00. The van der Waals surface area contributed by atoms with Crippen molar-refractivity contribution >= 4 is 55.4 Å². The summed E-state index contributed by atoms with van der Waals surface area (Å²) in [4.78, 5) is 10.0. The van der Waals surface area contributed by atoms with E-state index in [0.717, 1.165) is 61.2 Å². The van der Waals surface area contributed by atoms with Crippen LogP contribution in [0.2, 0.25) is 0 Å². The molecule has 1 aliphatic rings. The fraction of sp³-hybridized carbons (Fsp3) is 0.0196. The number of rotatable bonds is 6. The Kier molecular flexibility index (Phi) is 7.49. The van der Waals surface area contributed by atoms with Crippen LogP contribution in [0.4, 0.5) is 0 Å². The number of fused-ring (bicyclic) bond motifs is 6. The van der Waals surface area contributed by atoms with Crippen molar-refractivity contribution in [2.75, 3.05) is 0 Å². The van der Waals surface area contributed by atoms with Crippen molar-refractivity contribution in [1.82, 2.24) is 9.88 Å². The van der Waals surface area contributed by atoms with Gasteiger partial charge in [0.15, 0.2) is 5.84 Å². The molecular formula is C51H34N4O. The minimum absolute atomic E-state index is 0.343. The van der Waals surface area contributed by atoms with Crippen LogP contribution < -0.4 is 5.32 Å². The van der Waals surface area contributed by atoms with Gasteiger partial charge in [-0.1, -0.05) is 158 Å². The Balaban J connectivity index is 1.00. The zero-order chi connectivity index (χ0) is 37.0. The molecule has 264 valence electrons. The van der Waals surface area contributed by atoms with E-state index in [1.54, 1.807) is 0 Å². The minimum Gasteiger partial charge on any atom is -0.456 e. The van der Waals surface area contributed by atoms with Crippen LogP contribution in [0.1, 0.15) is 22.9 Å². The molecule has 0 radical (unpaired) electrons. The molecule has 0 amide bonds. The molecular weight excluding hydrogens is 685 g/mol. The number of nitrogens with zero attached hydrogens (tertiary/aromatic N) is 3. The molecule has 0 fully saturated rings. The number of para-hydroxylation sites is 1. The molecule has 0 saturated heterocycles. The van der Waals surface area contributed by atoms with E-state index < -0.39 is 0 Å². The number of furan rings is 1. The molecule has 8 aromatic carbocycles. The van der Waals surface area contributed by atoms with Gasteiger partial charge in [-0.15, -0.1) is 0 Å². The highest BCUT2D eigenvalue weighted by molar-refractivity contribution is 6.17. The molecule has 5 heteroatoms. The van der Waals surface area contributed by atoms with Gasteiger partial charge in [-0.2, -0.15) is 0 Å². The molecule has 10 aromatic rings. The second-order valence-corrected chi connectivity index (χ2v) is 14.3. The normalized spacial score (nSPS) is 14.2. The van der Waals surface area contributed by atoms with Gasteiger partial charge in [0.25, 0.3) is 0 Å². The predicted octanol–water partition coefficient (Wildman–Crippen LogP) is 12.5. The van der Waals surface area contributed by atoms with Crippen LogP contribution in [0.5, 0.6) is 0 Å². The number of benzene rings is 8. The van der Waals surface area contributed by atoms with Gasteiger partial charge in [0.2, 0.25) is 0 Å². The van der Waals surface area contributed by atoms with Gasteiger partial charge < -0.3 is 14.3 Å². The summed E-state index contributed by atoms with van der Waals surface area (Å²) < 4.78 is 9.08. The van der Waals surface area contributed by atoms with Gasteiger partial charge in [-0.05, 0) is 52.6 Å². The van der Waals surface area contributed by atoms with Crippen molar-refractivity contribution < 1.29 is 4.42 Å². The first-order chi connectivity index (χ1) is 27.7. The second kappa shape index (κ2) is 13.1. The Morgan fingerprint density at radius 2 is 1.05 bits per heavy atom. The van der Waals surface area contributed by atoms with Gasteiger partial charge in [-0.3, -0.25) is 0 Å². The molecule has 56 heavy (non-hydrogen) atoms.